The highest BCUT2D eigenvalue weighted by atomic mass is 16.6. The number of likely N-dealkylation sites (tertiary alicyclic amines) is 1. The number of carbonyl (C=O) groups excluding carboxylic acids is 1. The molecule has 1 N–H and O–H groups in total. The number of benzene rings is 3. The zero-order valence-electron chi connectivity index (χ0n) is 20.3. The number of amides is 1. The van der Waals surface area contributed by atoms with E-state index in [0.29, 0.717) is 23.3 Å². The Bertz CT molecular complexity index is 1170. The van der Waals surface area contributed by atoms with Crippen LogP contribution in [-0.2, 0) is 11.3 Å². The third kappa shape index (κ3) is 4.84. The molecule has 1 aliphatic carbocycles. The molecule has 2 fully saturated rings. The SMILES string of the molecule is COc1ccc(N(C(=O)OC2C3CCC2CN(Cc2ccccc2)C3)c2ccccc2C)cc1O. The molecular weight excluding hydrogens is 440 g/mol. The van der Waals surface area contributed by atoms with E-state index in [9.17, 15) is 9.90 Å². The van der Waals surface area contributed by atoms with Gasteiger partial charge < -0.3 is 14.6 Å². The van der Waals surface area contributed by atoms with Crippen LogP contribution >= 0.6 is 0 Å². The lowest BCUT2D eigenvalue weighted by molar-refractivity contribution is 0.000956. The second kappa shape index (κ2) is 10.0. The van der Waals surface area contributed by atoms with E-state index in [-0.39, 0.29) is 11.9 Å². The number of ether oxygens (including phenoxy) is 2. The number of nitrogens with zero attached hydrogens (tertiary/aromatic N) is 2. The first-order valence-electron chi connectivity index (χ1n) is 12.2. The summed E-state index contributed by atoms with van der Waals surface area (Å²) in [4.78, 5) is 17.7. The van der Waals surface area contributed by atoms with Gasteiger partial charge in [0.25, 0.3) is 0 Å². The molecule has 2 aliphatic rings. The zero-order valence-corrected chi connectivity index (χ0v) is 20.3. The molecule has 2 unspecified atom stereocenters. The van der Waals surface area contributed by atoms with Crippen LogP contribution in [0.3, 0.4) is 0 Å². The molecule has 1 heterocycles. The highest BCUT2D eigenvalue weighted by Gasteiger charge is 2.45. The minimum absolute atomic E-state index is 0.0225. The van der Waals surface area contributed by atoms with Crippen molar-refractivity contribution in [3.8, 4) is 11.5 Å². The number of phenolic OH excluding ortho intramolecular Hbond substituents is 1. The van der Waals surface area contributed by atoms with Gasteiger partial charge in [-0.15, -0.1) is 0 Å². The van der Waals surface area contributed by atoms with Crippen LogP contribution in [0.5, 0.6) is 11.5 Å². The summed E-state index contributed by atoms with van der Waals surface area (Å²) in [7, 11) is 1.50. The van der Waals surface area contributed by atoms with Crippen molar-refractivity contribution in [2.75, 3.05) is 25.1 Å². The molecule has 6 heteroatoms. The van der Waals surface area contributed by atoms with Crippen molar-refractivity contribution in [1.82, 2.24) is 4.90 Å². The van der Waals surface area contributed by atoms with E-state index in [1.54, 1.807) is 23.1 Å². The molecule has 3 aromatic rings. The summed E-state index contributed by atoms with van der Waals surface area (Å²) >= 11 is 0. The molecule has 0 radical (unpaired) electrons. The van der Waals surface area contributed by atoms with Crippen LogP contribution in [0.2, 0.25) is 0 Å². The molecule has 35 heavy (non-hydrogen) atoms. The Morgan fingerprint density at radius 3 is 2.34 bits per heavy atom. The summed E-state index contributed by atoms with van der Waals surface area (Å²) in [5.74, 6) is 0.982. The van der Waals surface area contributed by atoms with E-state index in [1.165, 1.54) is 12.7 Å². The number of rotatable bonds is 6. The minimum Gasteiger partial charge on any atom is -0.504 e. The molecule has 1 aliphatic heterocycles. The predicted molar refractivity (Wildman–Crippen MR) is 136 cm³/mol. The third-order valence-electron chi connectivity index (χ3n) is 7.27. The monoisotopic (exact) mass is 472 g/mol. The predicted octanol–water partition coefficient (Wildman–Crippen LogP) is 5.89. The number of carbonyl (C=O) groups is 1. The summed E-state index contributed by atoms with van der Waals surface area (Å²) < 4.78 is 11.4. The molecule has 1 saturated heterocycles. The summed E-state index contributed by atoms with van der Waals surface area (Å²) in [6.45, 7) is 4.74. The van der Waals surface area contributed by atoms with Gasteiger partial charge in [0.15, 0.2) is 11.5 Å². The number of para-hydroxylation sites is 1. The molecule has 0 spiro atoms. The maximum absolute atomic E-state index is 13.7. The van der Waals surface area contributed by atoms with Gasteiger partial charge in [-0.25, -0.2) is 9.69 Å². The normalized spacial score (nSPS) is 21.5. The molecule has 1 saturated carbocycles. The zero-order chi connectivity index (χ0) is 24.4. The van der Waals surface area contributed by atoms with Crippen molar-refractivity contribution in [3.05, 3.63) is 83.9 Å². The molecule has 5 rings (SSSR count). The van der Waals surface area contributed by atoms with Crippen LogP contribution in [0.25, 0.3) is 0 Å². The Morgan fingerprint density at radius 2 is 1.69 bits per heavy atom. The fourth-order valence-electron chi connectivity index (χ4n) is 5.58. The number of hydrogen-bond donors (Lipinski definition) is 1. The van der Waals surface area contributed by atoms with E-state index in [4.69, 9.17) is 9.47 Å². The van der Waals surface area contributed by atoms with E-state index in [0.717, 1.165) is 43.7 Å². The maximum Gasteiger partial charge on any atom is 0.419 e. The summed E-state index contributed by atoms with van der Waals surface area (Å²) in [5, 5.41) is 10.4. The van der Waals surface area contributed by atoms with Crippen LogP contribution in [0.1, 0.15) is 24.0 Å². The van der Waals surface area contributed by atoms with Gasteiger partial charge in [0.2, 0.25) is 0 Å². The number of phenols is 1. The standard InChI is InChI=1S/C29H32N2O4/c1-20-8-6-7-11-25(20)31(24-14-15-27(34-2)26(32)16-24)29(33)35-28-22-12-13-23(28)19-30(18-22)17-21-9-4-3-5-10-21/h3-11,14-16,22-23,28,32H,12-13,17-19H2,1-2H3. The van der Waals surface area contributed by atoms with Gasteiger partial charge in [0.05, 0.1) is 18.5 Å². The highest BCUT2D eigenvalue weighted by molar-refractivity contribution is 5.97. The van der Waals surface area contributed by atoms with Crippen LogP contribution in [-0.4, -0.2) is 42.4 Å². The first-order chi connectivity index (χ1) is 17.0. The van der Waals surface area contributed by atoms with Gasteiger partial charge in [-0.2, -0.15) is 0 Å². The molecule has 6 nitrogen and oxygen atoms in total. The van der Waals surface area contributed by atoms with E-state index in [2.05, 4.69) is 29.2 Å². The maximum atomic E-state index is 13.7. The second-order valence-electron chi connectivity index (χ2n) is 9.60. The second-order valence-corrected chi connectivity index (χ2v) is 9.60. The fourth-order valence-corrected chi connectivity index (χ4v) is 5.58. The number of aromatic hydroxyl groups is 1. The van der Waals surface area contributed by atoms with Crippen molar-refractivity contribution >= 4 is 17.5 Å². The smallest absolute Gasteiger partial charge is 0.419 e. The first-order valence-corrected chi connectivity index (χ1v) is 12.2. The van der Waals surface area contributed by atoms with E-state index >= 15 is 0 Å². The largest absolute Gasteiger partial charge is 0.504 e. The van der Waals surface area contributed by atoms with Crippen LogP contribution in [0, 0.1) is 18.8 Å². The van der Waals surface area contributed by atoms with Crippen molar-refractivity contribution < 1.29 is 19.4 Å². The lowest BCUT2D eigenvalue weighted by Crippen LogP contribution is -2.47. The first kappa shape index (κ1) is 23.2. The number of piperidine rings is 1. The number of anilines is 2. The quantitative estimate of drug-likeness (QED) is 0.484. The minimum atomic E-state index is -0.415. The Morgan fingerprint density at radius 1 is 1.00 bits per heavy atom. The molecule has 3 aromatic carbocycles. The topological polar surface area (TPSA) is 62.2 Å². The van der Waals surface area contributed by atoms with Crippen LogP contribution < -0.4 is 9.64 Å². The van der Waals surface area contributed by atoms with Crippen molar-refractivity contribution in [2.45, 2.75) is 32.4 Å². The van der Waals surface area contributed by atoms with E-state index in [1.807, 2.05) is 37.3 Å². The van der Waals surface area contributed by atoms with Gasteiger partial charge >= 0.3 is 6.09 Å². The summed E-state index contributed by atoms with van der Waals surface area (Å²) in [5.41, 5.74) is 3.53. The molecule has 0 aromatic heterocycles. The number of fused-ring (bicyclic) bond motifs is 2. The van der Waals surface area contributed by atoms with Gasteiger partial charge in [-0.05, 0) is 49.1 Å². The lowest BCUT2D eigenvalue weighted by atomic mass is 9.94. The number of methoxy groups -OCH3 is 1. The Labute approximate surface area is 206 Å². The fraction of sp³-hybridized carbons (Fsp3) is 0.345. The Hall–Kier alpha value is -3.51. The van der Waals surface area contributed by atoms with E-state index < -0.39 is 6.09 Å². The molecular formula is C29H32N2O4. The van der Waals surface area contributed by atoms with Gasteiger partial charge in [-0.3, -0.25) is 4.90 Å². The van der Waals surface area contributed by atoms with Crippen molar-refractivity contribution in [1.29, 1.82) is 0 Å². The van der Waals surface area contributed by atoms with Gasteiger partial charge in [-0.1, -0.05) is 48.5 Å². The highest BCUT2D eigenvalue weighted by Crippen LogP contribution is 2.41. The van der Waals surface area contributed by atoms with Crippen LogP contribution in [0.15, 0.2) is 72.8 Å². The Kier molecular flexibility index (Phi) is 6.64. The molecule has 1 amide bonds. The summed E-state index contributed by atoms with van der Waals surface area (Å²) in [6.07, 6.45) is 1.62. The van der Waals surface area contributed by atoms with Crippen molar-refractivity contribution in [3.63, 3.8) is 0 Å². The van der Waals surface area contributed by atoms with Gasteiger partial charge in [0, 0.05) is 37.5 Å². The average Bonchev–Trinajstić information content (AvgIpc) is 3.08. The van der Waals surface area contributed by atoms with Crippen LogP contribution in [0.4, 0.5) is 16.2 Å². The van der Waals surface area contributed by atoms with Crippen molar-refractivity contribution in [2.24, 2.45) is 11.8 Å². The summed E-state index contributed by atoms with van der Waals surface area (Å²) in [6, 6.07) is 23.2. The Balaban J connectivity index is 1.36. The van der Waals surface area contributed by atoms with Gasteiger partial charge in [0.1, 0.15) is 6.10 Å². The molecule has 2 atom stereocenters. The number of aryl methyl sites for hydroxylation is 1. The average molecular weight is 473 g/mol. The molecule has 182 valence electrons. The molecule has 2 bridgehead atoms. The lowest BCUT2D eigenvalue weighted by Gasteiger charge is -2.38. The number of hydrogen-bond acceptors (Lipinski definition) is 5. The third-order valence-corrected chi connectivity index (χ3v) is 7.27.